The van der Waals surface area contributed by atoms with E-state index in [1.54, 1.807) is 6.92 Å². The minimum atomic E-state index is -0.270. The Kier molecular flexibility index (Phi) is 3.67. The van der Waals surface area contributed by atoms with Crippen LogP contribution < -0.4 is 0 Å². The van der Waals surface area contributed by atoms with Crippen LogP contribution in [0.15, 0.2) is 12.2 Å². The molecule has 2 unspecified atom stereocenters. The molecule has 4 aliphatic carbocycles. The second kappa shape index (κ2) is 5.12. The van der Waals surface area contributed by atoms with E-state index in [1.807, 2.05) is 0 Å². The fraction of sp³-hybridized carbons (Fsp3) is 0.833. The van der Waals surface area contributed by atoms with Crippen molar-refractivity contribution in [3.8, 4) is 0 Å². The first-order valence-corrected chi connectivity index (χ1v) is 8.47. The van der Waals surface area contributed by atoms with Crippen molar-refractivity contribution in [2.24, 2.45) is 17.8 Å². The van der Waals surface area contributed by atoms with Crippen molar-refractivity contribution in [3.05, 3.63) is 12.2 Å². The molecule has 4 saturated carbocycles. The molecule has 3 heteroatoms. The Bertz CT molecular complexity index is 437. The normalized spacial score (nSPS) is 43.9. The van der Waals surface area contributed by atoms with Crippen molar-refractivity contribution in [2.75, 3.05) is 6.61 Å². The smallest absolute Gasteiger partial charge is 0.333 e. The van der Waals surface area contributed by atoms with Gasteiger partial charge in [0, 0.05) is 24.0 Å². The van der Waals surface area contributed by atoms with E-state index < -0.39 is 0 Å². The monoisotopic (exact) mass is 292 g/mol. The van der Waals surface area contributed by atoms with Crippen molar-refractivity contribution < 1.29 is 14.3 Å². The standard InChI is InChI=1S/C18H28O3/c1-5-18(21-16(19)12(3)4)14-7-13-8-15(18)11-17(9-13,10-14)20-6-2/h13-15H,3,5-11H2,1-2,4H3. The molecule has 0 saturated heterocycles. The lowest BCUT2D eigenvalue weighted by molar-refractivity contribution is -0.251. The third-order valence-corrected chi connectivity index (χ3v) is 6.15. The molecule has 2 atom stereocenters. The first-order valence-electron chi connectivity index (χ1n) is 8.47. The summed E-state index contributed by atoms with van der Waals surface area (Å²) in [6.45, 7) is 10.5. The van der Waals surface area contributed by atoms with Gasteiger partial charge in [0.25, 0.3) is 0 Å². The fourth-order valence-electron chi connectivity index (χ4n) is 5.55. The SMILES string of the molecule is C=C(C)C(=O)OC1(CC)C2CC3CC1CC(OCC)(C3)C2. The first kappa shape index (κ1) is 15.1. The van der Waals surface area contributed by atoms with Gasteiger partial charge < -0.3 is 9.47 Å². The molecule has 0 heterocycles. The maximum atomic E-state index is 12.2. The zero-order chi connectivity index (χ0) is 15.3. The summed E-state index contributed by atoms with van der Waals surface area (Å²) in [6.07, 6.45) is 6.64. The van der Waals surface area contributed by atoms with E-state index in [4.69, 9.17) is 9.47 Å². The Balaban J connectivity index is 1.88. The highest BCUT2D eigenvalue weighted by Gasteiger charge is 2.63. The summed E-state index contributed by atoms with van der Waals surface area (Å²) in [7, 11) is 0. The van der Waals surface area contributed by atoms with Crippen LogP contribution >= 0.6 is 0 Å². The van der Waals surface area contributed by atoms with Gasteiger partial charge in [-0.25, -0.2) is 4.79 Å². The molecule has 4 bridgehead atoms. The van der Waals surface area contributed by atoms with Gasteiger partial charge in [0.15, 0.2) is 0 Å². The molecular formula is C18H28O3. The third kappa shape index (κ3) is 2.25. The number of rotatable bonds is 5. The van der Waals surface area contributed by atoms with Crippen LogP contribution in [0.1, 0.15) is 59.3 Å². The second-order valence-corrected chi connectivity index (χ2v) is 7.44. The van der Waals surface area contributed by atoms with Crippen molar-refractivity contribution in [2.45, 2.75) is 70.5 Å². The third-order valence-electron chi connectivity index (χ3n) is 6.15. The van der Waals surface area contributed by atoms with Gasteiger partial charge in [-0.1, -0.05) is 13.5 Å². The molecule has 118 valence electrons. The summed E-state index contributed by atoms with van der Waals surface area (Å²) >= 11 is 0. The molecule has 0 aromatic carbocycles. The number of ether oxygens (including phenoxy) is 2. The summed E-state index contributed by atoms with van der Waals surface area (Å²) in [5.41, 5.74) is 0.309. The zero-order valence-corrected chi connectivity index (χ0v) is 13.6. The molecule has 21 heavy (non-hydrogen) atoms. The van der Waals surface area contributed by atoms with Gasteiger partial charge in [-0.2, -0.15) is 0 Å². The Morgan fingerprint density at radius 3 is 2.29 bits per heavy atom. The number of carbonyl (C=O) groups excluding carboxylic acids is 1. The molecular weight excluding hydrogens is 264 g/mol. The van der Waals surface area contributed by atoms with E-state index in [2.05, 4.69) is 20.4 Å². The summed E-state index contributed by atoms with van der Waals surface area (Å²) in [6, 6.07) is 0. The molecule has 4 fully saturated rings. The van der Waals surface area contributed by atoms with E-state index in [1.165, 1.54) is 19.3 Å². The lowest BCUT2D eigenvalue weighted by atomic mass is 9.47. The average Bonchev–Trinajstić information content (AvgIpc) is 2.42. The minimum Gasteiger partial charge on any atom is -0.455 e. The highest BCUT2D eigenvalue weighted by atomic mass is 16.6. The van der Waals surface area contributed by atoms with Crippen molar-refractivity contribution in [1.82, 2.24) is 0 Å². The van der Waals surface area contributed by atoms with E-state index in [0.29, 0.717) is 17.4 Å². The number of hydrogen-bond donors (Lipinski definition) is 0. The van der Waals surface area contributed by atoms with Crippen LogP contribution in [0.4, 0.5) is 0 Å². The van der Waals surface area contributed by atoms with Crippen LogP contribution in [-0.2, 0) is 14.3 Å². The highest BCUT2D eigenvalue weighted by Crippen LogP contribution is 2.63. The number of carbonyl (C=O) groups is 1. The van der Waals surface area contributed by atoms with Gasteiger partial charge in [0.1, 0.15) is 5.60 Å². The molecule has 0 spiro atoms. The number of esters is 1. The van der Waals surface area contributed by atoms with Crippen molar-refractivity contribution in [1.29, 1.82) is 0 Å². The Hall–Kier alpha value is -0.830. The van der Waals surface area contributed by atoms with Gasteiger partial charge in [-0.05, 0) is 58.3 Å². The zero-order valence-electron chi connectivity index (χ0n) is 13.6. The predicted octanol–water partition coefficient (Wildman–Crippen LogP) is 3.87. The first-order chi connectivity index (χ1) is 9.94. The molecule has 3 nitrogen and oxygen atoms in total. The summed E-state index contributed by atoms with van der Waals surface area (Å²) in [5, 5.41) is 0. The molecule has 4 rings (SSSR count). The van der Waals surface area contributed by atoms with Crippen molar-refractivity contribution >= 4 is 5.97 Å². The molecule has 0 aromatic rings. The summed E-state index contributed by atoms with van der Waals surface area (Å²) in [5.74, 6) is 1.47. The lowest BCUT2D eigenvalue weighted by Crippen LogP contribution is -2.65. The average molecular weight is 292 g/mol. The van der Waals surface area contributed by atoms with E-state index in [-0.39, 0.29) is 17.2 Å². The van der Waals surface area contributed by atoms with Gasteiger partial charge in [0.2, 0.25) is 0 Å². The van der Waals surface area contributed by atoms with Crippen LogP contribution in [0, 0.1) is 17.8 Å². The van der Waals surface area contributed by atoms with E-state index >= 15 is 0 Å². The molecule has 0 radical (unpaired) electrons. The molecule has 0 amide bonds. The van der Waals surface area contributed by atoms with Gasteiger partial charge >= 0.3 is 5.97 Å². The second-order valence-electron chi connectivity index (χ2n) is 7.44. The van der Waals surface area contributed by atoms with Crippen LogP contribution in [-0.4, -0.2) is 23.8 Å². The van der Waals surface area contributed by atoms with Gasteiger partial charge in [-0.15, -0.1) is 0 Å². The molecule has 0 N–H and O–H groups in total. The Morgan fingerprint density at radius 2 is 1.81 bits per heavy atom. The Morgan fingerprint density at radius 1 is 1.19 bits per heavy atom. The largest absolute Gasteiger partial charge is 0.455 e. The Labute approximate surface area is 128 Å². The molecule has 4 aliphatic rings. The van der Waals surface area contributed by atoms with Crippen LogP contribution in [0.5, 0.6) is 0 Å². The van der Waals surface area contributed by atoms with E-state index in [9.17, 15) is 4.79 Å². The molecule has 0 aromatic heterocycles. The van der Waals surface area contributed by atoms with Gasteiger partial charge in [-0.3, -0.25) is 0 Å². The summed E-state index contributed by atoms with van der Waals surface area (Å²) < 4.78 is 12.2. The maximum Gasteiger partial charge on any atom is 0.333 e. The van der Waals surface area contributed by atoms with Crippen LogP contribution in [0.2, 0.25) is 0 Å². The summed E-state index contributed by atoms with van der Waals surface area (Å²) in [4.78, 5) is 12.2. The maximum absolute atomic E-state index is 12.2. The predicted molar refractivity (Wildman–Crippen MR) is 81.8 cm³/mol. The van der Waals surface area contributed by atoms with Gasteiger partial charge in [0.05, 0.1) is 5.60 Å². The van der Waals surface area contributed by atoms with Crippen LogP contribution in [0.25, 0.3) is 0 Å². The quantitative estimate of drug-likeness (QED) is 0.570. The van der Waals surface area contributed by atoms with E-state index in [0.717, 1.165) is 31.8 Å². The van der Waals surface area contributed by atoms with Crippen LogP contribution in [0.3, 0.4) is 0 Å². The fourth-order valence-corrected chi connectivity index (χ4v) is 5.55. The molecule has 0 aliphatic heterocycles. The lowest BCUT2D eigenvalue weighted by Gasteiger charge is -2.64. The topological polar surface area (TPSA) is 35.5 Å². The minimum absolute atomic E-state index is 0.0690. The highest BCUT2D eigenvalue weighted by molar-refractivity contribution is 5.87. The van der Waals surface area contributed by atoms with Crippen molar-refractivity contribution in [3.63, 3.8) is 0 Å². The number of hydrogen-bond acceptors (Lipinski definition) is 3.